The molecule has 1 aromatic heterocycles. The standard InChI is InChI=1S/C13H23N5S/c1-5-14-10-15-11(18-8-6-7-9-18)17-12(16-10)19-13(2,3)4/h5-9H2,1-4H3,(H,14,15,16,17). The minimum absolute atomic E-state index is 0.104. The van der Waals surface area contributed by atoms with Gasteiger partial charge in [-0.2, -0.15) is 15.0 Å². The molecule has 6 heteroatoms. The van der Waals surface area contributed by atoms with Crippen LogP contribution in [0.3, 0.4) is 0 Å². The predicted molar refractivity (Wildman–Crippen MR) is 81.0 cm³/mol. The molecule has 0 aromatic carbocycles. The number of rotatable bonds is 4. The molecule has 0 atom stereocenters. The highest BCUT2D eigenvalue weighted by atomic mass is 32.2. The van der Waals surface area contributed by atoms with E-state index in [0.29, 0.717) is 5.95 Å². The second-order valence-corrected chi connectivity index (χ2v) is 7.47. The zero-order valence-electron chi connectivity index (χ0n) is 12.2. The van der Waals surface area contributed by atoms with E-state index < -0.39 is 0 Å². The third-order valence-electron chi connectivity index (χ3n) is 2.72. The fourth-order valence-corrected chi connectivity index (χ4v) is 2.77. The van der Waals surface area contributed by atoms with Crippen LogP contribution >= 0.6 is 11.8 Å². The molecular weight excluding hydrogens is 258 g/mol. The lowest BCUT2D eigenvalue weighted by molar-refractivity contribution is 0.779. The number of thioether (sulfide) groups is 1. The van der Waals surface area contributed by atoms with E-state index in [2.05, 4.69) is 52.9 Å². The molecule has 0 spiro atoms. The quantitative estimate of drug-likeness (QED) is 0.857. The van der Waals surface area contributed by atoms with Crippen molar-refractivity contribution in [2.24, 2.45) is 0 Å². The average molecular weight is 281 g/mol. The molecule has 1 aliphatic heterocycles. The summed E-state index contributed by atoms with van der Waals surface area (Å²) in [6, 6.07) is 0. The molecule has 2 heterocycles. The number of hydrogen-bond acceptors (Lipinski definition) is 6. The maximum Gasteiger partial charge on any atom is 0.231 e. The fraction of sp³-hybridized carbons (Fsp3) is 0.769. The molecule has 1 N–H and O–H groups in total. The summed E-state index contributed by atoms with van der Waals surface area (Å²) >= 11 is 1.68. The van der Waals surface area contributed by atoms with Crippen molar-refractivity contribution in [2.45, 2.75) is 50.4 Å². The van der Waals surface area contributed by atoms with Crippen molar-refractivity contribution < 1.29 is 0 Å². The number of anilines is 2. The van der Waals surface area contributed by atoms with Gasteiger partial charge in [0.1, 0.15) is 0 Å². The first kappa shape index (κ1) is 14.4. The molecule has 19 heavy (non-hydrogen) atoms. The molecule has 1 aliphatic rings. The monoisotopic (exact) mass is 281 g/mol. The van der Waals surface area contributed by atoms with Crippen LogP contribution in [0.2, 0.25) is 0 Å². The molecule has 2 rings (SSSR count). The summed E-state index contributed by atoms with van der Waals surface area (Å²) in [4.78, 5) is 15.9. The topological polar surface area (TPSA) is 53.9 Å². The van der Waals surface area contributed by atoms with Gasteiger partial charge in [-0.05, 0) is 19.8 Å². The van der Waals surface area contributed by atoms with Gasteiger partial charge in [-0.15, -0.1) is 0 Å². The summed E-state index contributed by atoms with van der Waals surface area (Å²) in [5.74, 6) is 1.50. The van der Waals surface area contributed by atoms with E-state index in [1.54, 1.807) is 11.8 Å². The number of nitrogens with one attached hydrogen (secondary N) is 1. The molecule has 1 fully saturated rings. The Morgan fingerprint density at radius 3 is 2.42 bits per heavy atom. The van der Waals surface area contributed by atoms with Gasteiger partial charge in [0.15, 0.2) is 5.16 Å². The van der Waals surface area contributed by atoms with Crippen molar-refractivity contribution in [3.05, 3.63) is 0 Å². The Hall–Kier alpha value is -1.04. The van der Waals surface area contributed by atoms with Crippen molar-refractivity contribution >= 4 is 23.7 Å². The van der Waals surface area contributed by atoms with E-state index >= 15 is 0 Å². The maximum atomic E-state index is 4.61. The predicted octanol–water partition coefficient (Wildman–Crippen LogP) is 2.79. The largest absolute Gasteiger partial charge is 0.354 e. The van der Waals surface area contributed by atoms with E-state index in [-0.39, 0.29) is 4.75 Å². The van der Waals surface area contributed by atoms with Gasteiger partial charge in [0.2, 0.25) is 11.9 Å². The van der Waals surface area contributed by atoms with Crippen molar-refractivity contribution in [1.82, 2.24) is 15.0 Å². The SMILES string of the molecule is CCNc1nc(SC(C)(C)C)nc(N2CCCC2)n1. The molecule has 1 saturated heterocycles. The lowest BCUT2D eigenvalue weighted by Crippen LogP contribution is -2.22. The Labute approximate surface area is 119 Å². The molecule has 0 radical (unpaired) electrons. The number of nitrogens with zero attached hydrogens (tertiary/aromatic N) is 4. The van der Waals surface area contributed by atoms with Crippen LogP contribution in [0.1, 0.15) is 40.5 Å². The molecule has 0 bridgehead atoms. The highest BCUT2D eigenvalue weighted by Crippen LogP contribution is 2.30. The van der Waals surface area contributed by atoms with Gasteiger partial charge < -0.3 is 10.2 Å². The molecule has 0 saturated carbocycles. The first-order chi connectivity index (χ1) is 8.98. The molecule has 106 valence electrons. The Kier molecular flexibility index (Phi) is 4.50. The van der Waals surface area contributed by atoms with Crippen LogP contribution < -0.4 is 10.2 Å². The van der Waals surface area contributed by atoms with Crippen LogP contribution in [0.4, 0.5) is 11.9 Å². The molecule has 1 aromatic rings. The minimum atomic E-state index is 0.104. The first-order valence-electron chi connectivity index (χ1n) is 6.92. The van der Waals surface area contributed by atoms with Crippen molar-refractivity contribution in [2.75, 3.05) is 29.9 Å². The molecule has 0 unspecified atom stereocenters. The van der Waals surface area contributed by atoms with Gasteiger partial charge >= 0.3 is 0 Å². The van der Waals surface area contributed by atoms with Crippen LogP contribution in [0, 0.1) is 0 Å². The summed E-state index contributed by atoms with van der Waals surface area (Å²) in [5.41, 5.74) is 0. The summed E-state index contributed by atoms with van der Waals surface area (Å²) < 4.78 is 0.104. The van der Waals surface area contributed by atoms with E-state index in [0.717, 1.165) is 30.7 Å². The lowest BCUT2D eigenvalue weighted by Gasteiger charge is -2.19. The Morgan fingerprint density at radius 2 is 1.84 bits per heavy atom. The highest BCUT2D eigenvalue weighted by Gasteiger charge is 2.20. The molecular formula is C13H23N5S. The van der Waals surface area contributed by atoms with Crippen LogP contribution in [-0.2, 0) is 0 Å². The lowest BCUT2D eigenvalue weighted by atomic mass is 10.3. The number of hydrogen-bond donors (Lipinski definition) is 1. The van der Waals surface area contributed by atoms with Crippen molar-refractivity contribution in [1.29, 1.82) is 0 Å². The second-order valence-electron chi connectivity index (χ2n) is 5.68. The van der Waals surface area contributed by atoms with Gasteiger partial charge in [-0.1, -0.05) is 32.5 Å². The van der Waals surface area contributed by atoms with Gasteiger partial charge in [-0.3, -0.25) is 0 Å². The highest BCUT2D eigenvalue weighted by molar-refractivity contribution is 8.00. The molecule has 0 aliphatic carbocycles. The van der Waals surface area contributed by atoms with Crippen LogP contribution in [0.25, 0.3) is 0 Å². The van der Waals surface area contributed by atoms with Crippen LogP contribution in [-0.4, -0.2) is 39.3 Å². The summed E-state index contributed by atoms with van der Waals surface area (Å²) in [7, 11) is 0. The van der Waals surface area contributed by atoms with Gasteiger partial charge in [0.25, 0.3) is 0 Å². The fourth-order valence-electron chi connectivity index (χ4n) is 1.96. The van der Waals surface area contributed by atoms with Gasteiger partial charge in [0.05, 0.1) is 0 Å². The Morgan fingerprint density at radius 1 is 1.16 bits per heavy atom. The molecule has 5 nitrogen and oxygen atoms in total. The average Bonchev–Trinajstić information content (AvgIpc) is 2.79. The van der Waals surface area contributed by atoms with Crippen molar-refractivity contribution in [3.63, 3.8) is 0 Å². The first-order valence-corrected chi connectivity index (χ1v) is 7.73. The summed E-state index contributed by atoms with van der Waals surface area (Å²) in [5, 5.41) is 4.00. The Balaban J connectivity index is 2.26. The minimum Gasteiger partial charge on any atom is -0.354 e. The van der Waals surface area contributed by atoms with Crippen LogP contribution in [0.5, 0.6) is 0 Å². The summed E-state index contributed by atoms with van der Waals surface area (Å²) in [6.45, 7) is 11.5. The normalized spacial score (nSPS) is 15.9. The van der Waals surface area contributed by atoms with E-state index in [1.807, 2.05) is 0 Å². The van der Waals surface area contributed by atoms with E-state index in [4.69, 9.17) is 0 Å². The second kappa shape index (κ2) is 5.94. The number of aromatic nitrogens is 3. The van der Waals surface area contributed by atoms with Gasteiger partial charge in [-0.25, -0.2) is 0 Å². The van der Waals surface area contributed by atoms with E-state index in [9.17, 15) is 0 Å². The van der Waals surface area contributed by atoms with Gasteiger partial charge in [0, 0.05) is 24.4 Å². The summed E-state index contributed by atoms with van der Waals surface area (Å²) in [6.07, 6.45) is 2.45. The van der Waals surface area contributed by atoms with Crippen molar-refractivity contribution in [3.8, 4) is 0 Å². The third kappa shape index (κ3) is 4.23. The molecule has 0 amide bonds. The maximum absolute atomic E-state index is 4.61. The Bertz CT molecular complexity index is 424. The van der Waals surface area contributed by atoms with Crippen LogP contribution in [0.15, 0.2) is 5.16 Å². The third-order valence-corrected chi connectivity index (χ3v) is 3.70. The smallest absolute Gasteiger partial charge is 0.231 e. The van der Waals surface area contributed by atoms with E-state index in [1.165, 1.54) is 12.8 Å². The zero-order valence-corrected chi connectivity index (χ0v) is 13.0. The zero-order chi connectivity index (χ0) is 13.9.